The Morgan fingerprint density at radius 2 is 1.97 bits per heavy atom. The Morgan fingerprint density at radius 3 is 2.59 bits per heavy atom. The fourth-order valence-corrected chi connectivity index (χ4v) is 3.55. The highest BCUT2D eigenvalue weighted by molar-refractivity contribution is 6.15. The van der Waals surface area contributed by atoms with E-state index >= 15 is 0 Å². The fourth-order valence-electron chi connectivity index (χ4n) is 3.45. The van der Waals surface area contributed by atoms with Gasteiger partial charge in [0.25, 0.3) is 0 Å². The van der Waals surface area contributed by atoms with Gasteiger partial charge in [-0.1, -0.05) is 43.7 Å². The minimum Gasteiger partial charge on any atom is -0.350 e. The van der Waals surface area contributed by atoms with Gasteiger partial charge in [-0.05, 0) is 49.9 Å². The number of benzene rings is 1. The van der Waals surface area contributed by atoms with Crippen LogP contribution in [0.2, 0.25) is 0 Å². The van der Waals surface area contributed by atoms with E-state index < -0.39 is 18.1 Å². The topological polar surface area (TPSA) is 90.5 Å². The quantitative estimate of drug-likeness (QED) is 0.558. The molecule has 1 aromatic carbocycles. The van der Waals surface area contributed by atoms with Crippen LogP contribution in [-0.2, 0) is 20.9 Å². The summed E-state index contributed by atoms with van der Waals surface area (Å²) in [5.41, 5.74) is 2.15. The summed E-state index contributed by atoms with van der Waals surface area (Å²) in [4.78, 5) is 42.1. The van der Waals surface area contributed by atoms with E-state index in [1.165, 1.54) is 0 Å². The summed E-state index contributed by atoms with van der Waals surface area (Å²) in [7, 11) is 0. The summed E-state index contributed by atoms with van der Waals surface area (Å²) >= 11 is 5.52. The van der Waals surface area contributed by atoms with Crippen LogP contribution in [0.25, 0.3) is 0 Å². The van der Waals surface area contributed by atoms with Crippen LogP contribution in [0.5, 0.6) is 0 Å². The first-order valence-electron chi connectivity index (χ1n) is 10.0. The van der Waals surface area contributed by atoms with Gasteiger partial charge < -0.3 is 15.5 Å². The van der Waals surface area contributed by atoms with E-state index in [-0.39, 0.29) is 23.6 Å². The lowest BCUT2D eigenvalue weighted by molar-refractivity contribution is -0.142. The van der Waals surface area contributed by atoms with Crippen LogP contribution in [0.1, 0.15) is 44.7 Å². The molecule has 3 amide bonds. The number of hydrogen-bond donors (Lipinski definition) is 3. The molecule has 0 bridgehead atoms. The second-order valence-electron chi connectivity index (χ2n) is 7.96. The van der Waals surface area contributed by atoms with Crippen molar-refractivity contribution in [2.45, 2.75) is 65.2 Å². The molecular weight excluding hydrogens is 392 g/mol. The van der Waals surface area contributed by atoms with Crippen molar-refractivity contribution in [3.05, 3.63) is 35.4 Å². The maximum atomic E-state index is 13.1. The summed E-state index contributed by atoms with van der Waals surface area (Å²) in [5, 5.41) is 5.70. The number of nitrogens with zero attached hydrogens (tertiary/aromatic N) is 1. The Balaban J connectivity index is 2.03. The highest BCUT2D eigenvalue weighted by atomic mass is 35.5. The van der Waals surface area contributed by atoms with Crippen molar-refractivity contribution in [1.82, 2.24) is 20.4 Å². The van der Waals surface area contributed by atoms with E-state index in [0.29, 0.717) is 19.5 Å². The molecule has 1 saturated heterocycles. The molecule has 0 aliphatic carbocycles. The molecule has 2 unspecified atom stereocenters. The second kappa shape index (κ2) is 10.6. The Labute approximate surface area is 177 Å². The first-order chi connectivity index (χ1) is 13.7. The van der Waals surface area contributed by atoms with Crippen LogP contribution in [0.15, 0.2) is 24.3 Å². The van der Waals surface area contributed by atoms with Crippen LogP contribution in [0.4, 0.5) is 0 Å². The van der Waals surface area contributed by atoms with Gasteiger partial charge >= 0.3 is 0 Å². The number of carbonyl (C=O) groups excluding carboxylic acids is 3. The highest BCUT2D eigenvalue weighted by Crippen LogP contribution is 2.21. The summed E-state index contributed by atoms with van der Waals surface area (Å²) in [6, 6.07) is 6.08. The molecule has 0 aromatic heterocycles. The smallest absolute Gasteiger partial charge is 0.246 e. The predicted molar refractivity (Wildman–Crippen MR) is 113 cm³/mol. The van der Waals surface area contributed by atoms with Crippen molar-refractivity contribution in [3.8, 4) is 0 Å². The Bertz CT molecular complexity index is 740. The van der Waals surface area contributed by atoms with Gasteiger partial charge in [-0.15, -0.1) is 0 Å². The summed E-state index contributed by atoms with van der Waals surface area (Å²) < 4.78 is 0. The molecule has 1 aliphatic heterocycles. The van der Waals surface area contributed by atoms with Gasteiger partial charge in [0.2, 0.25) is 17.7 Å². The molecule has 1 heterocycles. The van der Waals surface area contributed by atoms with Crippen molar-refractivity contribution >= 4 is 29.5 Å². The number of hydrogen-bond acceptors (Lipinski definition) is 4. The van der Waals surface area contributed by atoms with Gasteiger partial charge in [-0.2, -0.15) is 0 Å². The monoisotopic (exact) mass is 422 g/mol. The maximum absolute atomic E-state index is 13.1. The molecule has 0 spiro atoms. The fraction of sp³-hybridized carbons (Fsp3) is 0.571. The van der Waals surface area contributed by atoms with Crippen LogP contribution in [0.3, 0.4) is 0 Å². The van der Waals surface area contributed by atoms with Gasteiger partial charge in [-0.25, -0.2) is 4.84 Å². The number of nitrogens with one attached hydrogen (secondary N) is 3. The van der Waals surface area contributed by atoms with Crippen molar-refractivity contribution in [1.29, 1.82) is 0 Å². The average Bonchev–Trinajstić information content (AvgIpc) is 3.18. The second-order valence-corrected chi connectivity index (χ2v) is 8.18. The largest absolute Gasteiger partial charge is 0.350 e. The van der Waals surface area contributed by atoms with Gasteiger partial charge in [-0.3, -0.25) is 14.4 Å². The number of amides is 3. The number of rotatable bonds is 8. The molecule has 1 aromatic rings. The van der Waals surface area contributed by atoms with Gasteiger partial charge in [0.15, 0.2) is 0 Å². The maximum Gasteiger partial charge on any atom is 0.246 e. The minimum atomic E-state index is -0.708. The third-order valence-electron chi connectivity index (χ3n) is 5.18. The lowest BCUT2D eigenvalue weighted by Gasteiger charge is -2.31. The summed E-state index contributed by atoms with van der Waals surface area (Å²) in [6.07, 6.45) is 1.37. The van der Waals surface area contributed by atoms with Gasteiger partial charge in [0, 0.05) is 13.1 Å². The van der Waals surface area contributed by atoms with Crippen molar-refractivity contribution in [2.24, 2.45) is 5.92 Å². The Kier molecular flexibility index (Phi) is 8.46. The van der Waals surface area contributed by atoms with E-state index in [4.69, 9.17) is 11.8 Å². The third-order valence-corrected chi connectivity index (χ3v) is 5.50. The van der Waals surface area contributed by atoms with E-state index in [9.17, 15) is 14.4 Å². The zero-order valence-corrected chi connectivity index (χ0v) is 18.3. The highest BCUT2D eigenvalue weighted by Gasteiger charge is 2.38. The Hall–Kier alpha value is -2.12. The first kappa shape index (κ1) is 23.2. The van der Waals surface area contributed by atoms with Crippen LogP contribution >= 0.6 is 11.8 Å². The SMILES string of the molecule is Cc1cccc(CNC(=O)C2CCCN2C(=O)[C@@H](NC(=O)C(C)NCl)C(C)C)c1. The molecule has 1 fully saturated rings. The summed E-state index contributed by atoms with van der Waals surface area (Å²) in [6.45, 7) is 8.27. The molecule has 1 aliphatic rings. The minimum absolute atomic E-state index is 0.120. The van der Waals surface area contributed by atoms with Crippen molar-refractivity contribution in [2.75, 3.05) is 6.54 Å². The average molecular weight is 423 g/mol. The molecule has 7 nitrogen and oxygen atoms in total. The molecule has 2 rings (SSSR count). The van der Waals surface area contributed by atoms with E-state index in [0.717, 1.165) is 17.5 Å². The lowest BCUT2D eigenvalue weighted by Crippen LogP contribution is -2.56. The normalized spacial score (nSPS) is 18.4. The van der Waals surface area contributed by atoms with E-state index in [1.807, 2.05) is 45.0 Å². The molecule has 160 valence electrons. The first-order valence-corrected chi connectivity index (χ1v) is 10.4. The van der Waals surface area contributed by atoms with Crippen LogP contribution < -0.4 is 15.5 Å². The van der Waals surface area contributed by atoms with Crippen LogP contribution in [-0.4, -0.2) is 47.3 Å². The molecule has 3 N–H and O–H groups in total. The van der Waals surface area contributed by atoms with Crippen LogP contribution in [0, 0.1) is 12.8 Å². The number of likely N-dealkylation sites (tertiary alicyclic amines) is 1. The number of aryl methyl sites for hydroxylation is 1. The molecule has 8 heteroatoms. The molecule has 3 atom stereocenters. The predicted octanol–water partition coefficient (Wildman–Crippen LogP) is 1.87. The summed E-state index contributed by atoms with van der Waals surface area (Å²) in [5.74, 6) is -0.873. The van der Waals surface area contributed by atoms with E-state index in [2.05, 4.69) is 15.5 Å². The van der Waals surface area contributed by atoms with Crippen molar-refractivity contribution < 1.29 is 14.4 Å². The third kappa shape index (κ3) is 6.18. The number of carbonyl (C=O) groups is 3. The molecule has 29 heavy (non-hydrogen) atoms. The number of halogens is 1. The molecular formula is C21H31ClN4O3. The Morgan fingerprint density at radius 1 is 1.24 bits per heavy atom. The van der Waals surface area contributed by atoms with Gasteiger partial charge in [0.1, 0.15) is 12.1 Å². The molecule has 0 radical (unpaired) electrons. The standard InChI is InChI=1S/C21H31ClN4O3/c1-13(2)18(24-19(27)15(4)25-22)21(29)26-10-6-9-17(26)20(28)23-12-16-8-5-7-14(3)11-16/h5,7-8,11,13,15,17-18,25H,6,9-10,12H2,1-4H3,(H,23,28)(H,24,27)/t15?,17?,18-/m0/s1. The van der Waals surface area contributed by atoms with Crippen molar-refractivity contribution in [3.63, 3.8) is 0 Å². The van der Waals surface area contributed by atoms with Gasteiger partial charge in [0.05, 0.1) is 6.04 Å². The zero-order valence-electron chi connectivity index (χ0n) is 17.5. The zero-order chi connectivity index (χ0) is 21.6. The molecule has 0 saturated carbocycles. The lowest BCUT2D eigenvalue weighted by atomic mass is 10.0. The van der Waals surface area contributed by atoms with E-state index in [1.54, 1.807) is 11.8 Å².